The van der Waals surface area contributed by atoms with Crippen LogP contribution in [0.1, 0.15) is 39.5 Å². The van der Waals surface area contributed by atoms with Crippen LogP contribution in [0, 0.1) is 12.8 Å². The average Bonchev–Trinajstić information content (AvgIpc) is 2.18. The van der Waals surface area contributed by atoms with Gasteiger partial charge in [-0.1, -0.05) is 39.5 Å². The zero-order valence-corrected chi connectivity index (χ0v) is 18.0. The van der Waals surface area contributed by atoms with Gasteiger partial charge in [-0.25, -0.2) is 0 Å². The van der Waals surface area contributed by atoms with Gasteiger partial charge >= 0.3 is 29.6 Å². The van der Waals surface area contributed by atoms with Gasteiger partial charge in [-0.05, 0) is 0 Å². The van der Waals surface area contributed by atoms with Crippen LogP contribution in [0.5, 0.6) is 0 Å². The quantitative estimate of drug-likeness (QED) is 0.233. The second kappa shape index (κ2) is 19.1. The summed E-state index contributed by atoms with van der Waals surface area (Å²) >= 11 is 0. The molecule has 24 heavy (non-hydrogen) atoms. The maximum Gasteiger partial charge on any atom is 1.00 e. The summed E-state index contributed by atoms with van der Waals surface area (Å²) in [6.07, 6.45) is 5.21. The van der Waals surface area contributed by atoms with Gasteiger partial charge in [-0.2, -0.15) is 29.4 Å². The van der Waals surface area contributed by atoms with Crippen LogP contribution < -0.4 is 73.6 Å². The van der Waals surface area contributed by atoms with E-state index in [1.807, 2.05) is 0 Å². The predicted octanol–water partition coefficient (Wildman–Crippen LogP) is -8.43. The molecule has 0 heterocycles. The molecule has 0 aliphatic rings. The molecule has 0 aromatic heterocycles. The first-order valence-corrected chi connectivity index (χ1v) is 10.2. The number of phosphoric acid groups is 3. The maximum absolute atomic E-state index is 8.55. The maximum atomic E-state index is 8.55. The Morgan fingerprint density at radius 3 is 1.08 bits per heavy atom. The molecule has 0 bridgehead atoms. The van der Waals surface area contributed by atoms with E-state index in [9.17, 15) is 0 Å². The van der Waals surface area contributed by atoms with Crippen molar-refractivity contribution in [1.29, 1.82) is 0 Å². The molecule has 0 radical (unpaired) electrons. The minimum absolute atomic E-state index is 0. The molecule has 0 fully saturated rings. The van der Waals surface area contributed by atoms with Crippen molar-refractivity contribution in [3.63, 3.8) is 0 Å². The molecule has 0 N–H and O–H groups in total. The van der Waals surface area contributed by atoms with Gasteiger partial charge in [-0.15, -0.1) is 0 Å². The van der Waals surface area contributed by atoms with E-state index in [0.717, 1.165) is 0 Å². The van der Waals surface area contributed by atoms with E-state index >= 15 is 0 Å². The van der Waals surface area contributed by atoms with Crippen LogP contribution in [0.25, 0.3) is 0 Å². The summed E-state index contributed by atoms with van der Waals surface area (Å²) in [4.78, 5) is 76.9. The molecule has 16 heteroatoms. The van der Waals surface area contributed by atoms with Crippen LogP contribution in [0.3, 0.4) is 0 Å². The fourth-order valence-electron chi connectivity index (χ4n) is 0.697. The zero-order valence-electron chi connectivity index (χ0n) is 13.4. The van der Waals surface area contributed by atoms with E-state index < -0.39 is 23.5 Å². The largest absolute Gasteiger partial charge is 1.00 e. The SMILES string of the molecule is O=P([O-])([O-])[O-].O=P([O-])([O-])[O-].O=P([O-])([O-])[O-].[CH2-]C(CC)CCCC.[Na+]. The molecular weight excluding hydrogens is 404 g/mol. The van der Waals surface area contributed by atoms with Crippen LogP contribution in [0.4, 0.5) is 0 Å². The Labute approximate surface area is 163 Å². The van der Waals surface area contributed by atoms with Gasteiger partial charge in [0, 0.05) is 0 Å². The second-order valence-corrected chi connectivity index (χ2v) is 6.44. The molecule has 0 aliphatic heterocycles. The van der Waals surface area contributed by atoms with E-state index in [0.29, 0.717) is 5.92 Å². The normalized spacial score (nSPS) is 12.0. The average molecular weight is 421 g/mol. The third kappa shape index (κ3) is 217. The Kier molecular flexibility index (Phi) is 28.9. The molecule has 146 valence electrons. The predicted molar refractivity (Wildman–Crippen MR) is 61.5 cm³/mol. The fourth-order valence-corrected chi connectivity index (χ4v) is 0.697. The molecule has 0 aromatic carbocycles. The Morgan fingerprint density at radius 2 is 0.958 bits per heavy atom. The van der Waals surface area contributed by atoms with Crippen LogP contribution in [-0.4, -0.2) is 0 Å². The van der Waals surface area contributed by atoms with Crippen molar-refractivity contribution in [2.75, 3.05) is 0 Å². The third-order valence-corrected chi connectivity index (χ3v) is 1.54. The minimum Gasteiger partial charge on any atom is -0.822 e. The molecule has 0 rings (SSSR count). The van der Waals surface area contributed by atoms with E-state index in [2.05, 4.69) is 20.8 Å². The number of rotatable bonds is 4. The molecule has 0 spiro atoms. The first-order chi connectivity index (χ1) is 9.81. The molecule has 0 saturated heterocycles. The first kappa shape index (κ1) is 36.3. The van der Waals surface area contributed by atoms with E-state index in [-0.39, 0.29) is 29.6 Å². The first-order valence-electron chi connectivity index (χ1n) is 5.83. The Morgan fingerprint density at radius 1 is 0.750 bits per heavy atom. The van der Waals surface area contributed by atoms with Crippen molar-refractivity contribution >= 4 is 23.5 Å². The zero-order chi connectivity index (χ0) is 19.9. The summed E-state index contributed by atoms with van der Waals surface area (Å²) in [5.74, 6) is 0.704. The summed E-state index contributed by atoms with van der Waals surface area (Å²) in [7, 11) is -16.2. The van der Waals surface area contributed by atoms with Crippen LogP contribution in [-0.2, 0) is 13.7 Å². The van der Waals surface area contributed by atoms with E-state index in [1.54, 1.807) is 0 Å². The van der Waals surface area contributed by atoms with Gasteiger partial charge in [-0.3, -0.25) is 0 Å². The Balaban J connectivity index is -0.0000000677. The fraction of sp³-hybridized carbons (Fsp3) is 0.875. The topological polar surface area (TPSA) is 259 Å². The van der Waals surface area contributed by atoms with Crippen LogP contribution in [0.15, 0.2) is 0 Å². The van der Waals surface area contributed by atoms with Gasteiger partial charge in [0.15, 0.2) is 0 Å². The summed E-state index contributed by atoms with van der Waals surface area (Å²) < 4.78 is 25.6. The van der Waals surface area contributed by atoms with Gasteiger partial charge in [0.1, 0.15) is 0 Å². The second-order valence-electron chi connectivity index (χ2n) is 3.76. The van der Waals surface area contributed by atoms with Gasteiger partial charge in [0.05, 0.1) is 0 Å². The molecule has 0 aromatic rings. The number of unbranched alkanes of at least 4 members (excludes halogenated alkanes) is 1. The van der Waals surface area contributed by atoms with Gasteiger partial charge < -0.3 is 64.7 Å². The molecule has 1 atom stereocenters. The van der Waals surface area contributed by atoms with Crippen molar-refractivity contribution in [2.45, 2.75) is 39.5 Å². The summed E-state index contributed by atoms with van der Waals surface area (Å²) in [6.45, 7) is 8.42. The number of hydrogen-bond acceptors (Lipinski definition) is 12. The molecule has 0 aliphatic carbocycles. The van der Waals surface area contributed by atoms with E-state index in [1.165, 1.54) is 25.7 Å². The van der Waals surface area contributed by atoms with Crippen molar-refractivity contribution in [3.05, 3.63) is 6.92 Å². The van der Waals surface area contributed by atoms with Gasteiger partial charge in [0.25, 0.3) is 0 Å². The minimum atomic E-state index is -5.39. The molecule has 12 nitrogen and oxygen atoms in total. The van der Waals surface area contributed by atoms with Crippen molar-refractivity contribution < 1.29 is 87.3 Å². The molecular formula is C8H17NaO12P3-9. The van der Waals surface area contributed by atoms with Crippen LogP contribution in [0.2, 0.25) is 0 Å². The van der Waals surface area contributed by atoms with Crippen molar-refractivity contribution in [1.82, 2.24) is 0 Å². The summed E-state index contributed by atoms with van der Waals surface area (Å²) in [6, 6.07) is 0. The molecule has 0 saturated carbocycles. The van der Waals surface area contributed by atoms with Crippen molar-refractivity contribution in [3.8, 4) is 0 Å². The smallest absolute Gasteiger partial charge is 0.822 e. The third-order valence-electron chi connectivity index (χ3n) is 1.54. The summed E-state index contributed by atoms with van der Waals surface area (Å²) in [5.41, 5.74) is 0. The summed E-state index contributed by atoms with van der Waals surface area (Å²) in [5, 5.41) is 0. The van der Waals surface area contributed by atoms with Gasteiger partial charge in [0.2, 0.25) is 0 Å². The monoisotopic (exact) mass is 421 g/mol. The molecule has 1 unspecified atom stereocenters. The standard InChI is InChI=1S/C8H17.Na.3H3O4P/c1-4-6-7-8(3)5-2;;3*1-5(2,3)4/h8H,3-7H2,1-2H3;;3*(H3,1,2,3,4)/q-1;+1;;;/p-9. The van der Waals surface area contributed by atoms with Crippen LogP contribution >= 0.6 is 23.5 Å². The van der Waals surface area contributed by atoms with Crippen molar-refractivity contribution in [2.24, 2.45) is 5.92 Å². The van der Waals surface area contributed by atoms with E-state index in [4.69, 9.17) is 57.7 Å². The Hall–Kier alpha value is 1.33. The number of hydrogen-bond donors (Lipinski definition) is 0. The Bertz CT molecular complexity index is 315. The molecule has 0 amide bonds.